The van der Waals surface area contributed by atoms with Crippen LogP contribution in [0.3, 0.4) is 0 Å². The van der Waals surface area contributed by atoms with Gasteiger partial charge in [-0.15, -0.1) is 5.10 Å². The summed E-state index contributed by atoms with van der Waals surface area (Å²) in [5.74, 6) is 0.730. The van der Waals surface area contributed by atoms with E-state index in [1.807, 2.05) is 6.20 Å². The normalized spacial score (nSPS) is 15.2. The SMILES string of the molecule is COC(=O)c1ccc(OCC(O)Cn2cc(C3CC3)nn2)cc1. The summed E-state index contributed by atoms with van der Waals surface area (Å²) in [6.07, 6.45) is 3.54. The Hall–Kier alpha value is -2.41. The molecule has 0 aliphatic heterocycles. The smallest absolute Gasteiger partial charge is 0.337 e. The average molecular weight is 317 g/mol. The van der Waals surface area contributed by atoms with Crippen LogP contribution in [0.25, 0.3) is 0 Å². The molecule has 0 radical (unpaired) electrons. The molecule has 0 amide bonds. The van der Waals surface area contributed by atoms with Gasteiger partial charge in [-0.2, -0.15) is 0 Å². The maximum absolute atomic E-state index is 11.3. The van der Waals surface area contributed by atoms with Gasteiger partial charge in [0, 0.05) is 12.1 Å². The van der Waals surface area contributed by atoms with Gasteiger partial charge < -0.3 is 14.6 Å². The van der Waals surface area contributed by atoms with Crippen molar-refractivity contribution in [1.29, 1.82) is 0 Å². The van der Waals surface area contributed by atoms with Gasteiger partial charge >= 0.3 is 5.97 Å². The summed E-state index contributed by atoms with van der Waals surface area (Å²) in [4.78, 5) is 11.3. The first-order valence-corrected chi connectivity index (χ1v) is 7.55. The Kier molecular flexibility index (Phi) is 4.57. The Balaban J connectivity index is 1.47. The minimum absolute atomic E-state index is 0.135. The zero-order valence-electron chi connectivity index (χ0n) is 12.9. The molecular weight excluding hydrogens is 298 g/mol. The standard InChI is InChI=1S/C16H19N3O4/c1-22-16(21)12-4-6-14(7-5-12)23-10-13(20)8-19-9-15(17-18-19)11-2-3-11/h4-7,9,11,13,20H,2-3,8,10H2,1H3. The van der Waals surface area contributed by atoms with E-state index in [9.17, 15) is 9.90 Å². The maximum atomic E-state index is 11.3. The summed E-state index contributed by atoms with van der Waals surface area (Å²) >= 11 is 0. The summed E-state index contributed by atoms with van der Waals surface area (Å²) in [6, 6.07) is 6.57. The number of esters is 1. The van der Waals surface area contributed by atoms with Crippen LogP contribution >= 0.6 is 0 Å². The van der Waals surface area contributed by atoms with Crippen molar-refractivity contribution in [2.75, 3.05) is 13.7 Å². The third kappa shape index (κ3) is 4.07. The van der Waals surface area contributed by atoms with E-state index in [2.05, 4.69) is 15.0 Å². The van der Waals surface area contributed by atoms with E-state index in [-0.39, 0.29) is 6.61 Å². The second kappa shape index (κ2) is 6.78. The average Bonchev–Trinajstić information content (AvgIpc) is 3.33. The van der Waals surface area contributed by atoms with Gasteiger partial charge in [0.05, 0.1) is 24.9 Å². The fourth-order valence-electron chi connectivity index (χ4n) is 2.23. The predicted molar refractivity (Wildman–Crippen MR) is 81.3 cm³/mol. The maximum Gasteiger partial charge on any atom is 0.337 e. The Morgan fingerprint density at radius 3 is 2.78 bits per heavy atom. The van der Waals surface area contributed by atoms with Gasteiger partial charge in [0.2, 0.25) is 0 Å². The quantitative estimate of drug-likeness (QED) is 0.777. The number of benzene rings is 1. The fraction of sp³-hybridized carbons (Fsp3) is 0.438. The molecular formula is C16H19N3O4. The van der Waals surface area contributed by atoms with Crippen LogP contribution in [0.2, 0.25) is 0 Å². The zero-order chi connectivity index (χ0) is 16.2. The minimum atomic E-state index is -0.691. The van der Waals surface area contributed by atoms with Crippen molar-refractivity contribution < 1.29 is 19.4 Å². The second-order valence-electron chi connectivity index (χ2n) is 5.62. The van der Waals surface area contributed by atoms with Crippen LogP contribution in [0.4, 0.5) is 0 Å². The summed E-state index contributed by atoms with van der Waals surface area (Å²) < 4.78 is 11.8. The number of aromatic nitrogens is 3. The molecule has 1 aromatic carbocycles. The molecule has 0 spiro atoms. The summed E-state index contributed by atoms with van der Waals surface area (Å²) in [5.41, 5.74) is 1.45. The van der Waals surface area contributed by atoms with Gasteiger partial charge in [-0.3, -0.25) is 0 Å². The molecule has 0 bridgehead atoms. The molecule has 1 N–H and O–H groups in total. The molecule has 1 aliphatic rings. The summed E-state index contributed by atoms with van der Waals surface area (Å²) in [5, 5.41) is 18.1. The minimum Gasteiger partial charge on any atom is -0.491 e. The zero-order valence-corrected chi connectivity index (χ0v) is 12.9. The van der Waals surface area contributed by atoms with Crippen LogP contribution in [0.5, 0.6) is 5.75 Å². The number of hydrogen-bond acceptors (Lipinski definition) is 6. The third-order valence-electron chi connectivity index (χ3n) is 3.67. The highest BCUT2D eigenvalue weighted by molar-refractivity contribution is 5.89. The van der Waals surface area contributed by atoms with E-state index in [0.717, 1.165) is 5.69 Å². The predicted octanol–water partition coefficient (Wildman–Crippen LogP) is 1.38. The Morgan fingerprint density at radius 1 is 1.39 bits per heavy atom. The number of aliphatic hydroxyl groups is 1. The van der Waals surface area contributed by atoms with Gasteiger partial charge in [0.1, 0.15) is 18.5 Å². The van der Waals surface area contributed by atoms with Gasteiger partial charge in [0.25, 0.3) is 0 Å². The summed E-state index contributed by atoms with van der Waals surface area (Å²) in [7, 11) is 1.34. The number of nitrogens with zero attached hydrogens (tertiary/aromatic N) is 3. The van der Waals surface area contributed by atoms with Crippen molar-refractivity contribution in [3.8, 4) is 5.75 Å². The van der Waals surface area contributed by atoms with Crippen molar-refractivity contribution in [2.45, 2.75) is 31.4 Å². The molecule has 23 heavy (non-hydrogen) atoms. The van der Waals surface area contributed by atoms with E-state index in [1.54, 1.807) is 28.9 Å². The lowest BCUT2D eigenvalue weighted by Gasteiger charge is -2.12. The lowest BCUT2D eigenvalue weighted by Crippen LogP contribution is -2.24. The van der Waals surface area contributed by atoms with Crippen LogP contribution in [0.15, 0.2) is 30.5 Å². The van der Waals surface area contributed by atoms with Crippen LogP contribution in [-0.2, 0) is 11.3 Å². The fourth-order valence-corrected chi connectivity index (χ4v) is 2.23. The molecule has 122 valence electrons. The number of ether oxygens (including phenoxy) is 2. The number of aliphatic hydroxyl groups excluding tert-OH is 1. The molecule has 2 aromatic rings. The van der Waals surface area contributed by atoms with Crippen LogP contribution in [0, 0.1) is 0 Å². The van der Waals surface area contributed by atoms with Gasteiger partial charge in [0.15, 0.2) is 0 Å². The molecule has 1 heterocycles. The first-order valence-electron chi connectivity index (χ1n) is 7.55. The Labute approximate surface area is 133 Å². The Bertz CT molecular complexity index is 664. The highest BCUT2D eigenvalue weighted by Crippen LogP contribution is 2.38. The van der Waals surface area contributed by atoms with Crippen LogP contribution in [0.1, 0.15) is 34.8 Å². The number of methoxy groups -OCH3 is 1. The van der Waals surface area contributed by atoms with E-state index < -0.39 is 12.1 Å². The third-order valence-corrected chi connectivity index (χ3v) is 3.67. The number of hydrogen-bond donors (Lipinski definition) is 1. The van der Waals surface area contributed by atoms with Gasteiger partial charge in [-0.25, -0.2) is 9.48 Å². The van der Waals surface area contributed by atoms with Gasteiger partial charge in [-0.1, -0.05) is 5.21 Å². The van der Waals surface area contributed by atoms with E-state index in [0.29, 0.717) is 23.8 Å². The lowest BCUT2D eigenvalue weighted by atomic mass is 10.2. The van der Waals surface area contributed by atoms with Crippen molar-refractivity contribution >= 4 is 5.97 Å². The summed E-state index contributed by atoms with van der Waals surface area (Å²) in [6.45, 7) is 0.468. The molecule has 1 aromatic heterocycles. The van der Waals surface area contributed by atoms with Crippen LogP contribution < -0.4 is 4.74 Å². The van der Waals surface area contributed by atoms with Crippen LogP contribution in [-0.4, -0.2) is 45.9 Å². The molecule has 3 rings (SSSR count). The lowest BCUT2D eigenvalue weighted by molar-refractivity contribution is 0.0600. The highest BCUT2D eigenvalue weighted by atomic mass is 16.5. The van der Waals surface area contributed by atoms with Gasteiger partial charge in [-0.05, 0) is 37.1 Å². The molecule has 1 unspecified atom stereocenters. The first-order chi connectivity index (χ1) is 11.2. The Morgan fingerprint density at radius 2 is 2.13 bits per heavy atom. The molecule has 1 aliphatic carbocycles. The van der Waals surface area contributed by atoms with Crippen molar-refractivity contribution in [3.63, 3.8) is 0 Å². The molecule has 1 saturated carbocycles. The van der Waals surface area contributed by atoms with E-state index in [4.69, 9.17) is 4.74 Å². The second-order valence-corrected chi connectivity index (χ2v) is 5.62. The number of carbonyl (C=O) groups is 1. The molecule has 1 fully saturated rings. The largest absolute Gasteiger partial charge is 0.491 e. The highest BCUT2D eigenvalue weighted by Gasteiger charge is 2.26. The number of rotatable bonds is 7. The number of carbonyl (C=O) groups excluding carboxylic acids is 1. The van der Waals surface area contributed by atoms with Crippen molar-refractivity contribution in [1.82, 2.24) is 15.0 Å². The van der Waals surface area contributed by atoms with Crippen molar-refractivity contribution in [3.05, 3.63) is 41.7 Å². The molecule has 1 atom stereocenters. The molecule has 0 saturated heterocycles. The molecule has 7 heteroatoms. The monoisotopic (exact) mass is 317 g/mol. The topological polar surface area (TPSA) is 86.5 Å². The molecule has 7 nitrogen and oxygen atoms in total. The first kappa shape index (κ1) is 15.5. The van der Waals surface area contributed by atoms with E-state index >= 15 is 0 Å². The van der Waals surface area contributed by atoms with E-state index in [1.165, 1.54) is 20.0 Å². The van der Waals surface area contributed by atoms with Crippen molar-refractivity contribution in [2.24, 2.45) is 0 Å².